The van der Waals surface area contributed by atoms with Crippen LogP contribution in [0, 0.1) is 11.8 Å². The van der Waals surface area contributed by atoms with Crippen LogP contribution in [0.25, 0.3) is 0 Å². The third-order valence-corrected chi connectivity index (χ3v) is 3.50. The fraction of sp³-hybridized carbons (Fsp3) is 0.474. The molecule has 1 rings (SSSR count). The number of ether oxygens (including phenoxy) is 1. The second-order valence-corrected chi connectivity index (χ2v) is 6.60. The van der Waals surface area contributed by atoms with Crippen LogP contribution in [0.15, 0.2) is 36.5 Å². The topological polar surface area (TPSA) is 67.4 Å². The molecule has 1 amide bonds. The van der Waals surface area contributed by atoms with Gasteiger partial charge < -0.3 is 15.4 Å². The summed E-state index contributed by atoms with van der Waals surface area (Å²) in [6.07, 6.45) is -0.577. The molecule has 2 N–H and O–H groups in total. The number of nitrogens with one attached hydrogen (secondary N) is 2. The molecule has 1 aromatic carbocycles. The van der Waals surface area contributed by atoms with Crippen molar-refractivity contribution in [2.24, 2.45) is 11.8 Å². The van der Waals surface area contributed by atoms with E-state index in [4.69, 9.17) is 4.74 Å². The molecule has 5 nitrogen and oxygen atoms in total. The van der Waals surface area contributed by atoms with Crippen LogP contribution in [-0.4, -0.2) is 17.9 Å². The number of hydrogen-bond donors (Lipinski definition) is 2. The van der Waals surface area contributed by atoms with Crippen molar-refractivity contribution < 1.29 is 14.3 Å². The molecule has 0 bridgehead atoms. The van der Waals surface area contributed by atoms with Crippen molar-refractivity contribution in [1.82, 2.24) is 5.32 Å². The normalized spacial score (nSPS) is 12.0. The third-order valence-electron chi connectivity index (χ3n) is 3.50. The Hall–Kier alpha value is -2.30. The number of carbonyl (C=O) groups is 2. The smallest absolute Gasteiger partial charge is 0.408 e. The minimum absolute atomic E-state index is 0.0113. The number of Topliss-reactive ketones (excluding diaryl/α,β-unsaturated/α-hetero) is 1. The highest BCUT2D eigenvalue weighted by Crippen LogP contribution is 2.13. The highest BCUT2D eigenvalue weighted by molar-refractivity contribution is 5.89. The standard InChI is InChI=1S/C19H28N2O3/c1-12(2)17(18(22)13(3)4)21-19(23)24-11-15-7-9-16(10-8-15)20-14(5)6/h7-10,12-13,17,20H,5,11H2,1-4,6H3,(H,21,23). The lowest BCUT2D eigenvalue weighted by atomic mass is 9.93. The van der Waals surface area contributed by atoms with Crippen molar-refractivity contribution in [2.45, 2.75) is 47.3 Å². The predicted molar refractivity (Wildman–Crippen MR) is 96.7 cm³/mol. The highest BCUT2D eigenvalue weighted by atomic mass is 16.5. The monoisotopic (exact) mass is 332 g/mol. The van der Waals surface area contributed by atoms with E-state index in [1.54, 1.807) is 0 Å². The van der Waals surface area contributed by atoms with E-state index < -0.39 is 12.1 Å². The van der Waals surface area contributed by atoms with Gasteiger partial charge in [-0.2, -0.15) is 0 Å². The summed E-state index contributed by atoms with van der Waals surface area (Å²) in [5.41, 5.74) is 2.65. The molecule has 0 aromatic heterocycles. The van der Waals surface area contributed by atoms with Crippen LogP contribution in [0.1, 0.15) is 40.2 Å². The van der Waals surface area contributed by atoms with Gasteiger partial charge in [0.1, 0.15) is 6.61 Å². The summed E-state index contributed by atoms with van der Waals surface area (Å²) in [5.74, 6) is -0.108. The van der Waals surface area contributed by atoms with Gasteiger partial charge in [-0.05, 0) is 30.5 Å². The Morgan fingerprint density at radius 2 is 1.71 bits per heavy atom. The number of allylic oxidation sites excluding steroid dienone is 1. The lowest BCUT2D eigenvalue weighted by Crippen LogP contribution is -2.46. The number of alkyl carbamates (subject to hydrolysis) is 1. The second-order valence-electron chi connectivity index (χ2n) is 6.60. The quantitative estimate of drug-likeness (QED) is 0.752. The van der Waals surface area contributed by atoms with E-state index in [-0.39, 0.29) is 24.2 Å². The molecule has 0 aliphatic rings. The molecule has 1 unspecified atom stereocenters. The van der Waals surface area contributed by atoms with Crippen molar-refractivity contribution >= 4 is 17.6 Å². The molecule has 0 spiro atoms. The first-order valence-corrected chi connectivity index (χ1v) is 8.19. The summed E-state index contributed by atoms with van der Waals surface area (Å²) >= 11 is 0. The highest BCUT2D eigenvalue weighted by Gasteiger charge is 2.26. The molecule has 0 aliphatic carbocycles. The molecule has 0 radical (unpaired) electrons. The Kier molecular flexibility index (Phi) is 7.49. The van der Waals surface area contributed by atoms with Crippen molar-refractivity contribution in [1.29, 1.82) is 0 Å². The van der Waals surface area contributed by atoms with E-state index in [1.807, 2.05) is 58.9 Å². The largest absolute Gasteiger partial charge is 0.445 e. The number of rotatable bonds is 8. The van der Waals surface area contributed by atoms with Crippen LogP contribution >= 0.6 is 0 Å². The van der Waals surface area contributed by atoms with Crippen LogP contribution < -0.4 is 10.6 Å². The van der Waals surface area contributed by atoms with Gasteiger partial charge in [0.2, 0.25) is 0 Å². The van der Waals surface area contributed by atoms with Crippen LogP contribution in [-0.2, 0) is 16.1 Å². The van der Waals surface area contributed by atoms with Gasteiger partial charge in [0.25, 0.3) is 0 Å². The lowest BCUT2D eigenvalue weighted by molar-refractivity contribution is -0.124. The molecule has 5 heteroatoms. The summed E-state index contributed by atoms with van der Waals surface area (Å²) in [6, 6.07) is 7.00. The predicted octanol–water partition coefficient (Wildman–Crippen LogP) is 4.11. The Morgan fingerprint density at radius 3 is 2.17 bits per heavy atom. The summed E-state index contributed by atoms with van der Waals surface area (Å²) in [6.45, 7) is 13.3. The second kappa shape index (κ2) is 9.11. The van der Waals surface area contributed by atoms with Crippen LogP contribution in [0.5, 0.6) is 0 Å². The number of ketones is 1. The molecule has 1 aromatic rings. The van der Waals surface area contributed by atoms with Gasteiger partial charge in [0.15, 0.2) is 5.78 Å². The molecule has 132 valence electrons. The van der Waals surface area contributed by atoms with Crippen molar-refractivity contribution in [3.8, 4) is 0 Å². The van der Waals surface area contributed by atoms with Crippen molar-refractivity contribution in [3.05, 3.63) is 42.1 Å². The van der Waals surface area contributed by atoms with Gasteiger partial charge in [0.05, 0.1) is 6.04 Å². The molecule has 0 aliphatic heterocycles. The number of benzene rings is 1. The van der Waals surface area contributed by atoms with E-state index >= 15 is 0 Å². The summed E-state index contributed by atoms with van der Waals surface area (Å²) < 4.78 is 5.22. The van der Waals surface area contributed by atoms with Gasteiger partial charge in [-0.1, -0.05) is 46.4 Å². The molecule has 0 fully saturated rings. The maximum absolute atomic E-state index is 12.1. The Bertz CT molecular complexity index is 577. The zero-order valence-electron chi connectivity index (χ0n) is 15.2. The van der Waals surface area contributed by atoms with E-state index in [0.717, 1.165) is 16.9 Å². The van der Waals surface area contributed by atoms with Crippen LogP contribution in [0.3, 0.4) is 0 Å². The average Bonchev–Trinajstić information content (AvgIpc) is 2.50. The van der Waals surface area contributed by atoms with E-state index in [2.05, 4.69) is 17.2 Å². The molecular weight excluding hydrogens is 304 g/mol. The van der Waals surface area contributed by atoms with Gasteiger partial charge in [0, 0.05) is 17.3 Å². The van der Waals surface area contributed by atoms with Gasteiger partial charge >= 0.3 is 6.09 Å². The summed E-state index contributed by atoms with van der Waals surface area (Å²) in [4.78, 5) is 24.1. The van der Waals surface area contributed by atoms with Gasteiger partial charge in [-0.15, -0.1) is 0 Å². The fourth-order valence-corrected chi connectivity index (χ4v) is 2.17. The summed E-state index contributed by atoms with van der Waals surface area (Å²) in [5, 5.41) is 5.78. The Balaban J connectivity index is 2.55. The molecule has 1 atom stereocenters. The van der Waals surface area contributed by atoms with Crippen molar-refractivity contribution in [3.63, 3.8) is 0 Å². The van der Waals surface area contributed by atoms with E-state index in [9.17, 15) is 9.59 Å². The molecule has 0 saturated carbocycles. The Morgan fingerprint density at radius 1 is 1.12 bits per heavy atom. The number of anilines is 1. The average molecular weight is 332 g/mol. The van der Waals surface area contributed by atoms with E-state index in [0.29, 0.717) is 0 Å². The SMILES string of the molecule is C=C(C)Nc1ccc(COC(=O)NC(C(=O)C(C)C)C(C)C)cc1. The molecule has 0 heterocycles. The van der Waals surface area contributed by atoms with Crippen molar-refractivity contribution in [2.75, 3.05) is 5.32 Å². The lowest BCUT2D eigenvalue weighted by Gasteiger charge is -2.22. The van der Waals surface area contributed by atoms with Crippen LogP contribution in [0.2, 0.25) is 0 Å². The first-order valence-electron chi connectivity index (χ1n) is 8.19. The zero-order valence-corrected chi connectivity index (χ0v) is 15.2. The van der Waals surface area contributed by atoms with E-state index in [1.165, 1.54) is 0 Å². The third kappa shape index (κ3) is 6.44. The van der Waals surface area contributed by atoms with Crippen LogP contribution in [0.4, 0.5) is 10.5 Å². The molecule has 24 heavy (non-hydrogen) atoms. The van der Waals surface area contributed by atoms with Gasteiger partial charge in [-0.3, -0.25) is 4.79 Å². The first-order chi connectivity index (χ1) is 11.2. The fourth-order valence-electron chi connectivity index (χ4n) is 2.17. The minimum atomic E-state index is -0.577. The minimum Gasteiger partial charge on any atom is -0.445 e. The van der Waals surface area contributed by atoms with Gasteiger partial charge in [-0.25, -0.2) is 4.79 Å². The maximum Gasteiger partial charge on any atom is 0.408 e. The first kappa shape index (κ1) is 19.7. The Labute approximate surface area is 144 Å². The number of carbonyl (C=O) groups excluding carboxylic acids is 2. The maximum atomic E-state index is 12.1. The summed E-state index contributed by atoms with van der Waals surface area (Å²) in [7, 11) is 0. The molecular formula is C19H28N2O3. The molecule has 0 saturated heterocycles. The number of amides is 1. The number of hydrogen-bond acceptors (Lipinski definition) is 4. The zero-order chi connectivity index (χ0) is 18.3.